The first-order valence-corrected chi connectivity index (χ1v) is 8.20. The van der Waals surface area contributed by atoms with Gasteiger partial charge in [0.05, 0.1) is 24.7 Å². The molecule has 2 unspecified atom stereocenters. The van der Waals surface area contributed by atoms with Gasteiger partial charge in [0.25, 0.3) is 0 Å². The molecular formula is C16H31N5O. The maximum Gasteiger partial charge on any atom is 0.192 e. The highest BCUT2D eigenvalue weighted by Crippen LogP contribution is 2.21. The standard InChI is InChI=1S/C16H31N5O/c1-11(13-17-7-8-18-13)22-16(5,6)9-12-10-19-14(20-12)21-15(2,3)4/h11-12H,7-10H2,1-6H3,(H,17,18)(H2,19,20,21). The van der Waals surface area contributed by atoms with Gasteiger partial charge in [-0.1, -0.05) is 0 Å². The Labute approximate surface area is 134 Å². The highest BCUT2D eigenvalue weighted by molar-refractivity contribution is 5.87. The number of guanidine groups is 1. The lowest BCUT2D eigenvalue weighted by Gasteiger charge is -2.32. The van der Waals surface area contributed by atoms with Crippen LogP contribution in [0.15, 0.2) is 9.98 Å². The summed E-state index contributed by atoms with van der Waals surface area (Å²) >= 11 is 0. The molecule has 2 aliphatic heterocycles. The van der Waals surface area contributed by atoms with Gasteiger partial charge in [0.1, 0.15) is 11.9 Å². The van der Waals surface area contributed by atoms with Crippen LogP contribution in [0.1, 0.15) is 48.0 Å². The summed E-state index contributed by atoms with van der Waals surface area (Å²) in [5, 5.41) is 10.1. The van der Waals surface area contributed by atoms with E-state index in [0.717, 1.165) is 37.9 Å². The average Bonchev–Trinajstić information content (AvgIpc) is 2.97. The number of hydrogen-bond donors (Lipinski definition) is 3. The zero-order chi connectivity index (χ0) is 16.4. The summed E-state index contributed by atoms with van der Waals surface area (Å²) in [6, 6.07) is 0.311. The number of rotatable bonds is 5. The molecule has 0 aromatic carbocycles. The molecule has 0 saturated carbocycles. The Morgan fingerprint density at radius 2 is 2.00 bits per heavy atom. The van der Waals surface area contributed by atoms with Crippen molar-refractivity contribution in [3.63, 3.8) is 0 Å². The molecule has 0 aromatic rings. The Morgan fingerprint density at radius 3 is 2.59 bits per heavy atom. The Bertz CT molecular complexity index is 450. The van der Waals surface area contributed by atoms with Crippen LogP contribution < -0.4 is 16.0 Å². The first-order chi connectivity index (χ1) is 10.1. The second-order valence-electron chi connectivity index (χ2n) is 7.82. The van der Waals surface area contributed by atoms with Gasteiger partial charge in [-0.3, -0.25) is 9.98 Å². The molecule has 126 valence electrons. The van der Waals surface area contributed by atoms with E-state index in [2.05, 4.69) is 67.5 Å². The normalized spacial score (nSPS) is 23.5. The highest BCUT2D eigenvalue weighted by atomic mass is 16.5. The van der Waals surface area contributed by atoms with Crippen molar-refractivity contribution in [3.8, 4) is 0 Å². The molecule has 0 aromatic heterocycles. The minimum atomic E-state index is -0.226. The lowest BCUT2D eigenvalue weighted by Crippen LogP contribution is -2.49. The number of amidine groups is 1. The molecule has 0 spiro atoms. The topological polar surface area (TPSA) is 70.0 Å². The summed E-state index contributed by atoms with van der Waals surface area (Å²) in [6.45, 7) is 15.3. The number of aliphatic imine (C=N–C) groups is 2. The van der Waals surface area contributed by atoms with Gasteiger partial charge in [0.2, 0.25) is 0 Å². The monoisotopic (exact) mass is 309 g/mol. The van der Waals surface area contributed by atoms with Crippen molar-refractivity contribution in [2.75, 3.05) is 19.6 Å². The van der Waals surface area contributed by atoms with Gasteiger partial charge in [-0.15, -0.1) is 0 Å². The molecule has 6 heteroatoms. The third-order valence-electron chi connectivity index (χ3n) is 3.62. The average molecular weight is 309 g/mol. The molecule has 0 fully saturated rings. The lowest BCUT2D eigenvalue weighted by atomic mass is 9.98. The van der Waals surface area contributed by atoms with E-state index in [-0.39, 0.29) is 17.2 Å². The lowest BCUT2D eigenvalue weighted by molar-refractivity contribution is -0.0455. The minimum absolute atomic E-state index is 0.00647. The second kappa shape index (κ2) is 6.44. The number of ether oxygens (including phenoxy) is 1. The predicted molar refractivity (Wildman–Crippen MR) is 91.7 cm³/mol. The summed E-state index contributed by atoms with van der Waals surface area (Å²) in [5.74, 6) is 1.86. The van der Waals surface area contributed by atoms with Gasteiger partial charge < -0.3 is 20.7 Å². The molecule has 2 heterocycles. The first-order valence-electron chi connectivity index (χ1n) is 8.20. The van der Waals surface area contributed by atoms with Crippen molar-refractivity contribution in [3.05, 3.63) is 0 Å². The Balaban J connectivity index is 1.80. The number of nitrogens with one attached hydrogen (secondary N) is 3. The van der Waals surface area contributed by atoms with Crippen molar-refractivity contribution in [1.29, 1.82) is 0 Å². The van der Waals surface area contributed by atoms with Crippen LogP contribution >= 0.6 is 0 Å². The molecule has 2 rings (SSSR count). The predicted octanol–water partition coefficient (Wildman–Crippen LogP) is 1.28. The van der Waals surface area contributed by atoms with E-state index in [1.807, 2.05) is 0 Å². The Hall–Kier alpha value is -1.30. The summed E-state index contributed by atoms with van der Waals surface area (Å²) in [7, 11) is 0. The quantitative estimate of drug-likeness (QED) is 0.715. The van der Waals surface area contributed by atoms with E-state index in [9.17, 15) is 0 Å². The van der Waals surface area contributed by atoms with Crippen LogP contribution in [0.5, 0.6) is 0 Å². The van der Waals surface area contributed by atoms with E-state index in [4.69, 9.17) is 4.74 Å². The summed E-state index contributed by atoms with van der Waals surface area (Å²) in [6.07, 6.45) is 0.913. The van der Waals surface area contributed by atoms with Gasteiger partial charge in [-0.25, -0.2) is 0 Å². The van der Waals surface area contributed by atoms with E-state index in [1.165, 1.54) is 0 Å². The Kier molecular flexibility index (Phi) is 5.00. The largest absolute Gasteiger partial charge is 0.370 e. The van der Waals surface area contributed by atoms with E-state index in [0.29, 0.717) is 6.04 Å². The van der Waals surface area contributed by atoms with E-state index >= 15 is 0 Å². The summed E-state index contributed by atoms with van der Waals surface area (Å²) in [4.78, 5) is 8.98. The van der Waals surface area contributed by atoms with Gasteiger partial charge in [-0.2, -0.15) is 0 Å². The van der Waals surface area contributed by atoms with Crippen LogP contribution in [0.4, 0.5) is 0 Å². The van der Waals surface area contributed by atoms with Crippen LogP contribution in [0.3, 0.4) is 0 Å². The van der Waals surface area contributed by atoms with Crippen LogP contribution in [0.2, 0.25) is 0 Å². The molecular weight excluding hydrogens is 278 g/mol. The summed E-state index contributed by atoms with van der Waals surface area (Å²) < 4.78 is 6.22. The maximum absolute atomic E-state index is 6.22. The molecule has 0 aliphatic carbocycles. The molecule has 0 bridgehead atoms. The van der Waals surface area contributed by atoms with Crippen molar-refractivity contribution in [2.24, 2.45) is 9.98 Å². The third-order valence-corrected chi connectivity index (χ3v) is 3.62. The Morgan fingerprint density at radius 1 is 1.27 bits per heavy atom. The molecule has 6 nitrogen and oxygen atoms in total. The van der Waals surface area contributed by atoms with Crippen molar-refractivity contribution >= 4 is 11.8 Å². The highest BCUT2D eigenvalue weighted by Gasteiger charge is 2.31. The fourth-order valence-electron chi connectivity index (χ4n) is 2.90. The smallest absolute Gasteiger partial charge is 0.192 e. The van der Waals surface area contributed by atoms with Gasteiger partial charge in [-0.05, 0) is 48.0 Å². The zero-order valence-corrected chi connectivity index (χ0v) is 14.8. The van der Waals surface area contributed by atoms with Gasteiger partial charge in [0.15, 0.2) is 5.96 Å². The molecule has 2 aliphatic rings. The second-order valence-corrected chi connectivity index (χ2v) is 7.82. The number of hydrogen-bond acceptors (Lipinski definition) is 6. The van der Waals surface area contributed by atoms with Crippen molar-refractivity contribution < 1.29 is 4.74 Å². The van der Waals surface area contributed by atoms with Crippen LogP contribution in [0, 0.1) is 0 Å². The number of nitrogens with zero attached hydrogens (tertiary/aromatic N) is 2. The van der Waals surface area contributed by atoms with Crippen molar-refractivity contribution in [2.45, 2.75) is 71.2 Å². The fourth-order valence-corrected chi connectivity index (χ4v) is 2.90. The summed E-state index contributed by atoms with van der Waals surface area (Å²) in [5.41, 5.74) is -0.204. The first kappa shape index (κ1) is 17.1. The fraction of sp³-hybridized carbons (Fsp3) is 0.875. The van der Waals surface area contributed by atoms with Crippen LogP contribution in [-0.2, 0) is 4.74 Å². The molecule has 0 amide bonds. The molecule has 3 N–H and O–H groups in total. The van der Waals surface area contributed by atoms with Crippen LogP contribution in [0.25, 0.3) is 0 Å². The third kappa shape index (κ3) is 5.16. The van der Waals surface area contributed by atoms with Crippen LogP contribution in [-0.4, -0.2) is 54.7 Å². The van der Waals surface area contributed by atoms with Gasteiger partial charge >= 0.3 is 0 Å². The zero-order valence-electron chi connectivity index (χ0n) is 14.8. The van der Waals surface area contributed by atoms with E-state index in [1.54, 1.807) is 0 Å². The molecule has 0 radical (unpaired) electrons. The van der Waals surface area contributed by atoms with E-state index < -0.39 is 0 Å². The van der Waals surface area contributed by atoms with Gasteiger partial charge in [0, 0.05) is 12.1 Å². The molecule has 2 atom stereocenters. The molecule has 0 saturated heterocycles. The minimum Gasteiger partial charge on any atom is -0.370 e. The molecule has 22 heavy (non-hydrogen) atoms. The maximum atomic E-state index is 6.22. The SMILES string of the molecule is CC(OC(C)(C)CC1CN=C(NC(C)(C)C)N1)C1=NCCN1. The van der Waals surface area contributed by atoms with Crippen molar-refractivity contribution in [1.82, 2.24) is 16.0 Å².